The quantitative estimate of drug-likeness (QED) is 0.415. The third-order valence-corrected chi connectivity index (χ3v) is 5.76. The van der Waals surface area contributed by atoms with Crippen LogP contribution in [0.25, 0.3) is 0 Å². The van der Waals surface area contributed by atoms with Crippen LogP contribution in [0.15, 0.2) is 59.8 Å². The average molecular weight is 484 g/mol. The summed E-state index contributed by atoms with van der Waals surface area (Å²) < 4.78 is 13.1. The van der Waals surface area contributed by atoms with Gasteiger partial charge < -0.3 is 20.2 Å². The summed E-state index contributed by atoms with van der Waals surface area (Å²) in [7, 11) is 1.60. The van der Waals surface area contributed by atoms with E-state index in [1.807, 2.05) is 0 Å². The Morgan fingerprint density at radius 1 is 1.23 bits per heavy atom. The number of nitrogens with zero attached hydrogens (tertiary/aromatic N) is 3. The number of urea groups is 1. The van der Waals surface area contributed by atoms with Gasteiger partial charge in [-0.15, -0.1) is 0 Å². The molecule has 0 fully saturated rings. The van der Waals surface area contributed by atoms with Gasteiger partial charge in [-0.3, -0.25) is 14.9 Å². The highest BCUT2D eigenvalue weighted by molar-refractivity contribution is 5.93. The van der Waals surface area contributed by atoms with Crippen LogP contribution in [0.4, 0.5) is 14.9 Å². The summed E-state index contributed by atoms with van der Waals surface area (Å²) in [5.41, 5.74) is 0.803. The lowest BCUT2D eigenvalue weighted by molar-refractivity contribution is -0.384. The highest BCUT2D eigenvalue weighted by Crippen LogP contribution is 2.35. The van der Waals surface area contributed by atoms with Crippen molar-refractivity contribution in [1.82, 2.24) is 15.1 Å². The number of likely N-dealkylation sites (N-methyl/N-ethyl adjacent to an activating group) is 1. The topological polar surface area (TPSA) is 133 Å². The first-order chi connectivity index (χ1) is 16.6. The van der Waals surface area contributed by atoms with Crippen molar-refractivity contribution in [3.05, 3.63) is 86.9 Å². The van der Waals surface area contributed by atoms with Crippen LogP contribution in [-0.2, 0) is 16.0 Å². The van der Waals surface area contributed by atoms with Crippen LogP contribution in [0, 0.1) is 15.9 Å². The molecule has 0 saturated carbocycles. The molecule has 0 spiro atoms. The second-order valence-electron chi connectivity index (χ2n) is 8.19. The normalized spacial score (nSPS) is 15.6. The zero-order chi connectivity index (χ0) is 25.7. The molecule has 2 aromatic rings. The van der Waals surface area contributed by atoms with E-state index < -0.39 is 28.8 Å². The van der Waals surface area contributed by atoms with Gasteiger partial charge in [0.1, 0.15) is 5.82 Å². The molecule has 0 bridgehead atoms. The maximum atomic E-state index is 13.1. The van der Waals surface area contributed by atoms with Gasteiger partial charge in [-0.2, -0.15) is 0 Å². The lowest BCUT2D eigenvalue weighted by Gasteiger charge is -2.37. The number of nitro benzene ring substituents is 1. The van der Waals surface area contributed by atoms with Crippen LogP contribution >= 0.6 is 0 Å². The Bertz CT molecular complexity index is 1180. The highest BCUT2D eigenvalue weighted by atomic mass is 19.1. The standard InChI is InChI=1S/C24H25FN4O6/c1-15-21(23(31)32)22(17-5-3-6-19(14-17)29(34)35)28(24(33)26-15)12-4-11-27(2)20(30)13-16-7-9-18(25)10-8-16/h3,5-10,14,22H,4,11-13H2,1-2H3,(H,26,33)(H,31,32). The van der Waals surface area contributed by atoms with Gasteiger partial charge in [0, 0.05) is 38.0 Å². The van der Waals surface area contributed by atoms with Gasteiger partial charge in [0.25, 0.3) is 5.69 Å². The molecule has 11 heteroatoms. The van der Waals surface area contributed by atoms with Crippen molar-refractivity contribution in [3.8, 4) is 0 Å². The third-order valence-electron chi connectivity index (χ3n) is 5.76. The molecule has 0 aliphatic carbocycles. The van der Waals surface area contributed by atoms with Crippen molar-refractivity contribution in [2.75, 3.05) is 20.1 Å². The number of nitrogens with one attached hydrogen (secondary N) is 1. The second kappa shape index (κ2) is 10.8. The molecule has 10 nitrogen and oxygen atoms in total. The Hall–Kier alpha value is -4.28. The molecule has 1 unspecified atom stereocenters. The fourth-order valence-electron chi connectivity index (χ4n) is 3.96. The molecular formula is C24H25FN4O6. The smallest absolute Gasteiger partial charge is 0.335 e. The van der Waals surface area contributed by atoms with Gasteiger partial charge in [-0.1, -0.05) is 24.3 Å². The number of non-ortho nitro benzene ring substituents is 1. The molecule has 1 atom stereocenters. The molecule has 0 radical (unpaired) electrons. The second-order valence-corrected chi connectivity index (χ2v) is 8.19. The SMILES string of the molecule is CC1=C(C(=O)O)C(c2cccc([N+](=O)[O-])c2)N(CCCN(C)C(=O)Cc2ccc(F)cc2)C(=O)N1. The molecule has 3 rings (SSSR count). The van der Waals surface area contributed by atoms with E-state index in [9.17, 15) is 34.0 Å². The fourth-order valence-corrected chi connectivity index (χ4v) is 3.96. The molecule has 3 amide bonds. The number of benzene rings is 2. The van der Waals surface area contributed by atoms with E-state index in [4.69, 9.17) is 0 Å². The zero-order valence-electron chi connectivity index (χ0n) is 19.2. The number of carboxylic acids is 1. The Labute approximate surface area is 200 Å². The summed E-state index contributed by atoms with van der Waals surface area (Å²) in [4.78, 5) is 50.8. The molecule has 1 heterocycles. The minimum atomic E-state index is -1.25. The summed E-state index contributed by atoms with van der Waals surface area (Å²) in [6, 6.07) is 9.57. The Morgan fingerprint density at radius 3 is 2.54 bits per heavy atom. The van der Waals surface area contributed by atoms with E-state index in [0.29, 0.717) is 17.5 Å². The third kappa shape index (κ3) is 5.99. The predicted molar refractivity (Wildman–Crippen MR) is 124 cm³/mol. The minimum absolute atomic E-state index is 0.0857. The summed E-state index contributed by atoms with van der Waals surface area (Å²) >= 11 is 0. The Balaban J connectivity index is 1.76. The highest BCUT2D eigenvalue weighted by Gasteiger charge is 2.38. The number of carbonyl (C=O) groups is 3. The maximum absolute atomic E-state index is 13.1. The van der Waals surface area contributed by atoms with Gasteiger partial charge in [-0.25, -0.2) is 14.0 Å². The zero-order valence-corrected chi connectivity index (χ0v) is 19.2. The molecule has 35 heavy (non-hydrogen) atoms. The molecule has 1 aliphatic heterocycles. The van der Waals surface area contributed by atoms with E-state index in [1.165, 1.54) is 65.3 Å². The summed E-state index contributed by atoms with van der Waals surface area (Å²) in [6.07, 6.45) is 0.416. The minimum Gasteiger partial charge on any atom is -0.478 e. The number of amides is 3. The molecule has 2 aromatic carbocycles. The number of carbonyl (C=O) groups excluding carboxylic acids is 2. The van der Waals surface area contributed by atoms with E-state index in [-0.39, 0.29) is 42.4 Å². The molecule has 184 valence electrons. The van der Waals surface area contributed by atoms with E-state index in [1.54, 1.807) is 7.05 Å². The van der Waals surface area contributed by atoms with E-state index in [0.717, 1.165) is 0 Å². The van der Waals surface area contributed by atoms with Gasteiger partial charge in [0.15, 0.2) is 0 Å². The van der Waals surface area contributed by atoms with Crippen molar-refractivity contribution < 1.29 is 28.8 Å². The number of aliphatic carboxylic acids is 1. The van der Waals surface area contributed by atoms with Crippen LogP contribution in [0.3, 0.4) is 0 Å². The summed E-state index contributed by atoms with van der Waals surface area (Å²) in [5, 5.41) is 23.6. The maximum Gasteiger partial charge on any atom is 0.335 e. The van der Waals surface area contributed by atoms with Gasteiger partial charge >= 0.3 is 12.0 Å². The summed E-state index contributed by atoms with van der Waals surface area (Å²) in [6.45, 7) is 1.83. The van der Waals surface area contributed by atoms with Crippen molar-refractivity contribution in [3.63, 3.8) is 0 Å². The van der Waals surface area contributed by atoms with Crippen LogP contribution < -0.4 is 5.32 Å². The molecule has 0 saturated heterocycles. The largest absolute Gasteiger partial charge is 0.478 e. The van der Waals surface area contributed by atoms with Crippen molar-refractivity contribution in [2.45, 2.75) is 25.8 Å². The molecule has 0 aromatic heterocycles. The van der Waals surface area contributed by atoms with Crippen molar-refractivity contribution in [2.24, 2.45) is 0 Å². The Kier molecular flexibility index (Phi) is 7.80. The Morgan fingerprint density at radius 2 is 1.91 bits per heavy atom. The number of carboxylic acid groups (broad SMARTS) is 1. The number of hydrogen-bond acceptors (Lipinski definition) is 5. The number of halogens is 1. The average Bonchev–Trinajstić information content (AvgIpc) is 2.81. The first-order valence-corrected chi connectivity index (χ1v) is 10.8. The van der Waals surface area contributed by atoms with Crippen molar-refractivity contribution in [1.29, 1.82) is 0 Å². The number of rotatable bonds is 9. The van der Waals surface area contributed by atoms with E-state index >= 15 is 0 Å². The van der Waals surface area contributed by atoms with Crippen molar-refractivity contribution >= 4 is 23.6 Å². The summed E-state index contributed by atoms with van der Waals surface area (Å²) in [5.74, 6) is -1.84. The first-order valence-electron chi connectivity index (χ1n) is 10.8. The van der Waals surface area contributed by atoms with Crippen LogP contribution in [0.1, 0.15) is 30.5 Å². The molecule has 2 N–H and O–H groups in total. The first kappa shape index (κ1) is 25.3. The number of nitro groups is 1. The predicted octanol–water partition coefficient (Wildman–Crippen LogP) is 3.25. The van der Waals surface area contributed by atoms with E-state index in [2.05, 4.69) is 5.32 Å². The van der Waals surface area contributed by atoms with Crippen LogP contribution in [0.2, 0.25) is 0 Å². The van der Waals surface area contributed by atoms with Crippen LogP contribution in [0.5, 0.6) is 0 Å². The lowest BCUT2D eigenvalue weighted by atomic mass is 9.93. The number of allylic oxidation sites excluding steroid dienone is 1. The van der Waals surface area contributed by atoms with Crippen LogP contribution in [-0.4, -0.2) is 57.9 Å². The molecular weight excluding hydrogens is 459 g/mol. The lowest BCUT2D eigenvalue weighted by Crippen LogP contribution is -2.49. The van der Waals surface area contributed by atoms with Gasteiger partial charge in [0.2, 0.25) is 5.91 Å². The van der Waals surface area contributed by atoms with Gasteiger partial charge in [-0.05, 0) is 36.6 Å². The van der Waals surface area contributed by atoms with Gasteiger partial charge in [0.05, 0.1) is 23.0 Å². The number of hydrogen-bond donors (Lipinski definition) is 2. The molecule has 1 aliphatic rings. The monoisotopic (exact) mass is 484 g/mol. The fraction of sp³-hybridized carbons (Fsp3) is 0.292.